The summed E-state index contributed by atoms with van der Waals surface area (Å²) >= 11 is 0. The maximum absolute atomic E-state index is 11.8. The van der Waals surface area contributed by atoms with Crippen molar-refractivity contribution in [3.05, 3.63) is 35.9 Å². The first-order valence-electron chi connectivity index (χ1n) is 6.40. The molecule has 2 rings (SSSR count). The zero-order valence-electron chi connectivity index (χ0n) is 11.5. The molecule has 0 amide bonds. The van der Waals surface area contributed by atoms with Gasteiger partial charge in [0.05, 0.1) is 0 Å². The molecule has 1 aromatic rings. The molecule has 1 heterocycles. The fraction of sp³-hybridized carbons (Fsp3) is 0.533. The third kappa shape index (κ3) is 2.56. The predicted molar refractivity (Wildman–Crippen MR) is 70.8 cm³/mol. The summed E-state index contributed by atoms with van der Waals surface area (Å²) in [6.07, 6.45) is -0.153. The van der Waals surface area contributed by atoms with Gasteiger partial charge in [-0.2, -0.15) is 0 Å². The van der Waals surface area contributed by atoms with Crippen LogP contribution < -0.4 is 0 Å². The lowest BCUT2D eigenvalue weighted by molar-refractivity contribution is -0.147. The highest BCUT2D eigenvalue weighted by Gasteiger charge is 2.44. The van der Waals surface area contributed by atoms with Gasteiger partial charge in [-0.25, -0.2) is 0 Å². The molecule has 0 bridgehead atoms. The van der Waals surface area contributed by atoms with E-state index in [-0.39, 0.29) is 23.7 Å². The van der Waals surface area contributed by atoms with E-state index in [4.69, 9.17) is 4.74 Å². The maximum atomic E-state index is 11.8. The molecule has 1 fully saturated rings. The number of carbonyl (C=O) groups is 1. The van der Waals surface area contributed by atoms with E-state index in [1.54, 1.807) is 0 Å². The van der Waals surface area contributed by atoms with Crippen molar-refractivity contribution in [2.75, 3.05) is 0 Å². The van der Waals surface area contributed by atoms with E-state index in [1.807, 2.05) is 25.1 Å². The SMILES string of the molecule is C[C@H]1C(=O)O[C@@H](C(C)(C)C)N1Cc1ccccc1. The third-order valence-corrected chi connectivity index (χ3v) is 3.32. The monoisotopic (exact) mass is 247 g/mol. The van der Waals surface area contributed by atoms with Crippen molar-refractivity contribution < 1.29 is 9.53 Å². The smallest absolute Gasteiger partial charge is 0.324 e. The van der Waals surface area contributed by atoms with E-state index in [2.05, 4.69) is 37.8 Å². The van der Waals surface area contributed by atoms with Crippen LogP contribution in [0.3, 0.4) is 0 Å². The molecule has 0 spiro atoms. The average Bonchev–Trinajstić information content (AvgIpc) is 2.58. The minimum Gasteiger partial charge on any atom is -0.445 e. The van der Waals surface area contributed by atoms with Crippen molar-refractivity contribution in [3.8, 4) is 0 Å². The molecule has 0 N–H and O–H groups in total. The zero-order valence-corrected chi connectivity index (χ0v) is 11.5. The molecule has 3 heteroatoms. The molecule has 0 aromatic heterocycles. The van der Waals surface area contributed by atoms with Crippen LogP contribution in [0.25, 0.3) is 0 Å². The number of nitrogens with zero attached hydrogens (tertiary/aromatic N) is 1. The first-order valence-corrected chi connectivity index (χ1v) is 6.40. The van der Waals surface area contributed by atoms with Gasteiger partial charge in [0.1, 0.15) is 6.04 Å². The molecule has 0 saturated carbocycles. The Morgan fingerprint density at radius 3 is 2.39 bits per heavy atom. The third-order valence-electron chi connectivity index (χ3n) is 3.32. The molecule has 18 heavy (non-hydrogen) atoms. The number of benzene rings is 1. The van der Waals surface area contributed by atoms with Crippen LogP contribution in [0.15, 0.2) is 30.3 Å². The van der Waals surface area contributed by atoms with Gasteiger partial charge in [-0.1, -0.05) is 51.1 Å². The van der Waals surface area contributed by atoms with Crippen LogP contribution >= 0.6 is 0 Å². The van der Waals surface area contributed by atoms with Gasteiger partial charge in [0.25, 0.3) is 0 Å². The van der Waals surface area contributed by atoms with Crippen LogP contribution in [0, 0.1) is 5.41 Å². The predicted octanol–water partition coefficient (Wildman–Crippen LogP) is 2.81. The van der Waals surface area contributed by atoms with Crippen molar-refractivity contribution >= 4 is 5.97 Å². The van der Waals surface area contributed by atoms with Crippen LogP contribution in [0.1, 0.15) is 33.3 Å². The van der Waals surface area contributed by atoms with Crippen molar-refractivity contribution in [2.24, 2.45) is 5.41 Å². The number of carbonyl (C=O) groups excluding carboxylic acids is 1. The summed E-state index contributed by atoms with van der Waals surface area (Å²) in [4.78, 5) is 13.9. The molecular weight excluding hydrogens is 226 g/mol. The number of ether oxygens (including phenoxy) is 1. The van der Waals surface area contributed by atoms with Gasteiger partial charge >= 0.3 is 5.97 Å². The quantitative estimate of drug-likeness (QED) is 0.753. The van der Waals surface area contributed by atoms with Gasteiger partial charge in [-0.15, -0.1) is 0 Å². The van der Waals surface area contributed by atoms with E-state index in [1.165, 1.54) is 5.56 Å². The Bertz CT molecular complexity index is 422. The van der Waals surface area contributed by atoms with Gasteiger partial charge in [0.2, 0.25) is 0 Å². The standard InChI is InChI=1S/C15H21NO2/c1-11-13(17)18-14(15(2,3)4)16(11)10-12-8-6-5-7-9-12/h5-9,11,14H,10H2,1-4H3/t11-,14-/m0/s1. The summed E-state index contributed by atoms with van der Waals surface area (Å²) in [6.45, 7) is 8.95. The molecule has 98 valence electrons. The van der Waals surface area contributed by atoms with Crippen LogP contribution in [0.4, 0.5) is 0 Å². The number of rotatable bonds is 2. The van der Waals surface area contributed by atoms with Crippen molar-refractivity contribution in [2.45, 2.75) is 46.5 Å². The number of cyclic esters (lactones) is 1. The molecule has 1 saturated heterocycles. The molecule has 0 aliphatic carbocycles. The van der Waals surface area contributed by atoms with Crippen molar-refractivity contribution in [3.63, 3.8) is 0 Å². The van der Waals surface area contributed by atoms with Crippen LogP contribution in [0.5, 0.6) is 0 Å². The summed E-state index contributed by atoms with van der Waals surface area (Å²) in [5.41, 5.74) is 1.13. The number of esters is 1. The van der Waals surface area contributed by atoms with Gasteiger partial charge in [0, 0.05) is 12.0 Å². The Labute approximate surface area is 109 Å². The van der Waals surface area contributed by atoms with Gasteiger partial charge in [-0.05, 0) is 12.5 Å². The van der Waals surface area contributed by atoms with E-state index < -0.39 is 0 Å². The van der Waals surface area contributed by atoms with E-state index in [0.717, 1.165) is 6.54 Å². The van der Waals surface area contributed by atoms with Crippen LogP contribution in [-0.4, -0.2) is 23.1 Å². The summed E-state index contributed by atoms with van der Waals surface area (Å²) in [5.74, 6) is -0.120. The molecule has 1 aliphatic rings. The lowest BCUT2D eigenvalue weighted by Gasteiger charge is -2.33. The fourth-order valence-electron chi connectivity index (χ4n) is 2.30. The fourth-order valence-corrected chi connectivity index (χ4v) is 2.30. The van der Waals surface area contributed by atoms with Crippen LogP contribution in [0.2, 0.25) is 0 Å². The minimum absolute atomic E-state index is 0.0742. The second kappa shape index (κ2) is 4.73. The molecule has 0 radical (unpaired) electrons. The highest BCUT2D eigenvalue weighted by atomic mass is 16.6. The van der Waals surface area contributed by atoms with Gasteiger partial charge < -0.3 is 4.74 Å². The highest BCUT2D eigenvalue weighted by Crippen LogP contribution is 2.33. The van der Waals surface area contributed by atoms with Gasteiger partial charge in [-0.3, -0.25) is 9.69 Å². The second-order valence-corrected chi connectivity index (χ2v) is 5.99. The highest BCUT2D eigenvalue weighted by molar-refractivity contribution is 5.77. The summed E-state index contributed by atoms with van der Waals surface area (Å²) in [5, 5.41) is 0. The van der Waals surface area contributed by atoms with Crippen molar-refractivity contribution in [1.29, 1.82) is 0 Å². The maximum Gasteiger partial charge on any atom is 0.324 e. The molecule has 0 unspecified atom stereocenters. The lowest BCUT2D eigenvalue weighted by atomic mass is 9.93. The summed E-state index contributed by atoms with van der Waals surface area (Å²) in [7, 11) is 0. The number of hydrogen-bond donors (Lipinski definition) is 0. The number of hydrogen-bond acceptors (Lipinski definition) is 3. The Balaban J connectivity index is 2.20. The first kappa shape index (κ1) is 13.1. The minimum atomic E-state index is -0.172. The Kier molecular flexibility index (Phi) is 3.44. The second-order valence-electron chi connectivity index (χ2n) is 5.99. The topological polar surface area (TPSA) is 29.5 Å². The van der Waals surface area contributed by atoms with E-state index in [0.29, 0.717) is 0 Å². The van der Waals surface area contributed by atoms with E-state index >= 15 is 0 Å². The zero-order chi connectivity index (χ0) is 13.3. The average molecular weight is 247 g/mol. The Morgan fingerprint density at radius 2 is 1.83 bits per heavy atom. The Hall–Kier alpha value is -1.35. The van der Waals surface area contributed by atoms with Crippen molar-refractivity contribution in [1.82, 2.24) is 4.90 Å². The normalized spacial score (nSPS) is 25.2. The molecule has 1 aliphatic heterocycles. The molecule has 1 aromatic carbocycles. The summed E-state index contributed by atoms with van der Waals surface area (Å²) < 4.78 is 5.51. The summed E-state index contributed by atoms with van der Waals surface area (Å²) in [6, 6.07) is 10.0. The lowest BCUT2D eigenvalue weighted by Crippen LogP contribution is -2.42. The first-order chi connectivity index (χ1) is 8.39. The van der Waals surface area contributed by atoms with Crippen LogP contribution in [-0.2, 0) is 16.1 Å². The molecular formula is C15H21NO2. The molecule has 2 atom stereocenters. The largest absolute Gasteiger partial charge is 0.445 e. The Morgan fingerprint density at radius 1 is 1.22 bits per heavy atom. The van der Waals surface area contributed by atoms with Gasteiger partial charge in [0.15, 0.2) is 6.23 Å². The van der Waals surface area contributed by atoms with E-state index in [9.17, 15) is 4.79 Å². The molecule has 3 nitrogen and oxygen atoms in total.